The maximum absolute atomic E-state index is 12.2. The Hall–Kier alpha value is -2.46. The predicted molar refractivity (Wildman–Crippen MR) is 100 cm³/mol. The summed E-state index contributed by atoms with van der Waals surface area (Å²) in [6, 6.07) is 8.78. The van der Waals surface area contributed by atoms with Gasteiger partial charge in [-0.25, -0.2) is 0 Å². The van der Waals surface area contributed by atoms with E-state index in [0.717, 1.165) is 48.5 Å². The molecule has 0 aliphatic carbocycles. The van der Waals surface area contributed by atoms with Gasteiger partial charge in [-0.1, -0.05) is 24.3 Å². The number of rotatable bonds is 8. The second-order valence-corrected chi connectivity index (χ2v) is 10.5. The van der Waals surface area contributed by atoms with Crippen molar-refractivity contribution in [1.82, 2.24) is 0 Å². The van der Waals surface area contributed by atoms with E-state index in [2.05, 4.69) is 0 Å². The normalized spacial score (nSPS) is 12.6. The second-order valence-electron chi connectivity index (χ2n) is 6.27. The summed E-state index contributed by atoms with van der Waals surface area (Å²) in [5, 5.41) is 21.5. The first-order valence-electron chi connectivity index (χ1n) is 7.85. The van der Waals surface area contributed by atoms with Gasteiger partial charge in [0, 0.05) is 37.1 Å². The second kappa shape index (κ2) is 8.11. The first kappa shape index (κ1) is 22.8. The third kappa shape index (κ3) is 4.94. The third-order valence-electron chi connectivity index (χ3n) is 4.35. The van der Waals surface area contributed by atoms with Gasteiger partial charge < -0.3 is 19.6 Å². The molecule has 0 saturated carbocycles. The molecule has 4 N–H and O–H groups in total. The Labute approximate surface area is 163 Å². The van der Waals surface area contributed by atoms with E-state index in [1.807, 2.05) is 0 Å². The molecule has 2 rings (SSSR count). The summed E-state index contributed by atoms with van der Waals surface area (Å²) in [5.74, 6) is 0. The highest BCUT2D eigenvalue weighted by molar-refractivity contribution is 7.72. The minimum absolute atomic E-state index is 0.0594. The molecule has 0 amide bonds. The Bertz CT molecular complexity index is 927. The van der Waals surface area contributed by atoms with Gasteiger partial charge in [-0.15, -0.1) is 0 Å². The molecule has 2 aromatic rings. The summed E-state index contributed by atoms with van der Waals surface area (Å²) >= 11 is 0. The van der Waals surface area contributed by atoms with Crippen molar-refractivity contribution >= 4 is 26.6 Å². The van der Waals surface area contributed by atoms with Crippen LogP contribution in [0.3, 0.4) is 0 Å². The molecule has 14 heteroatoms. The van der Waals surface area contributed by atoms with Crippen molar-refractivity contribution in [2.45, 2.75) is 17.7 Å². The van der Waals surface area contributed by atoms with Crippen molar-refractivity contribution < 1.29 is 38.6 Å². The summed E-state index contributed by atoms with van der Waals surface area (Å²) in [7, 11) is -10.9. The highest BCUT2D eigenvalue weighted by Crippen LogP contribution is 2.71. The van der Waals surface area contributed by atoms with Crippen molar-refractivity contribution in [3.63, 3.8) is 0 Å². The van der Waals surface area contributed by atoms with Crippen LogP contribution in [-0.2, 0) is 22.0 Å². The van der Waals surface area contributed by atoms with E-state index in [9.17, 15) is 48.9 Å². The molecule has 29 heavy (non-hydrogen) atoms. The number of nitro groups is 2. The monoisotopic (exact) mass is 446 g/mol. The van der Waals surface area contributed by atoms with Crippen LogP contribution in [0.25, 0.3) is 0 Å². The summed E-state index contributed by atoms with van der Waals surface area (Å²) in [6.07, 6.45) is -1.56. The highest BCUT2D eigenvalue weighted by atomic mass is 31.2. The van der Waals surface area contributed by atoms with Crippen molar-refractivity contribution in [2.75, 3.05) is 0 Å². The van der Waals surface area contributed by atoms with Gasteiger partial charge in [-0.3, -0.25) is 29.4 Å². The molecular formula is C15H16N2O10P2. The van der Waals surface area contributed by atoms with Crippen LogP contribution in [0.15, 0.2) is 48.5 Å². The molecule has 0 bridgehead atoms. The fraction of sp³-hybridized carbons (Fsp3) is 0.200. The SMILES string of the molecule is O=[N+]([O-])c1ccc(CC(Cc2ccc([N+](=O)[O-])cc2)(P(=O)(O)O)P(=O)(O)O)cc1. The standard InChI is InChI=1S/C15H16N2O10P2/c18-16(19)13-5-1-11(2-6-13)9-15(28(22,23)24,29(25,26)27)10-12-3-7-14(8-4-12)17(20)21/h1-8H,9-10H2,(H2,22,23,24)(H2,25,26,27). The molecule has 0 unspecified atom stereocenters. The molecule has 0 aromatic heterocycles. The molecule has 0 saturated heterocycles. The molecule has 0 atom stereocenters. The smallest absolute Gasteiger partial charge is 0.324 e. The lowest BCUT2D eigenvalue weighted by molar-refractivity contribution is -0.385. The minimum atomic E-state index is -5.45. The van der Waals surface area contributed by atoms with Crippen molar-refractivity contribution in [1.29, 1.82) is 0 Å². The van der Waals surface area contributed by atoms with E-state index >= 15 is 0 Å². The summed E-state index contributed by atoms with van der Waals surface area (Å²) in [4.78, 5) is 56.7. The van der Waals surface area contributed by atoms with Crippen LogP contribution in [0.4, 0.5) is 11.4 Å². The quantitative estimate of drug-likeness (QED) is 0.265. The van der Waals surface area contributed by atoms with Gasteiger partial charge in [0.05, 0.1) is 9.85 Å². The number of hydrogen-bond donors (Lipinski definition) is 4. The average Bonchev–Trinajstić information content (AvgIpc) is 2.60. The van der Waals surface area contributed by atoms with Crippen LogP contribution in [0, 0.1) is 20.2 Å². The third-order valence-corrected chi connectivity index (χ3v) is 8.72. The Morgan fingerprint density at radius 3 is 1.17 bits per heavy atom. The molecular weight excluding hydrogens is 430 g/mol. The largest absolute Gasteiger partial charge is 0.344 e. The number of non-ortho nitro benzene ring substituents is 2. The lowest BCUT2D eigenvalue weighted by Crippen LogP contribution is -2.34. The number of nitro benzene ring substituents is 2. The Kier molecular flexibility index (Phi) is 6.39. The lowest BCUT2D eigenvalue weighted by Gasteiger charge is -2.35. The van der Waals surface area contributed by atoms with Gasteiger partial charge in [0.2, 0.25) is 0 Å². The van der Waals surface area contributed by atoms with Crippen LogP contribution < -0.4 is 0 Å². The fourth-order valence-corrected chi connectivity index (χ4v) is 5.68. The number of benzene rings is 2. The molecule has 0 heterocycles. The van der Waals surface area contributed by atoms with E-state index in [-0.39, 0.29) is 22.5 Å². The molecule has 0 fully saturated rings. The summed E-state index contributed by atoms with van der Waals surface area (Å²) in [6.45, 7) is 0. The molecule has 0 radical (unpaired) electrons. The zero-order valence-electron chi connectivity index (χ0n) is 14.6. The number of nitrogens with zero attached hydrogens (tertiary/aromatic N) is 2. The maximum Gasteiger partial charge on any atom is 0.344 e. The summed E-state index contributed by atoms with van der Waals surface area (Å²) in [5.41, 5.74) is -0.488. The fourth-order valence-electron chi connectivity index (χ4n) is 2.77. The van der Waals surface area contributed by atoms with E-state index in [0.29, 0.717) is 0 Å². The molecule has 12 nitrogen and oxygen atoms in total. The van der Waals surface area contributed by atoms with Crippen molar-refractivity contribution in [2.24, 2.45) is 0 Å². The van der Waals surface area contributed by atoms with Crippen molar-refractivity contribution in [3.8, 4) is 0 Å². The Balaban J connectivity index is 2.53. The van der Waals surface area contributed by atoms with Crippen LogP contribution >= 0.6 is 15.2 Å². The molecule has 0 aliphatic heterocycles. The van der Waals surface area contributed by atoms with E-state index < -0.39 is 42.8 Å². The van der Waals surface area contributed by atoms with Gasteiger partial charge in [-0.05, 0) is 11.1 Å². The maximum atomic E-state index is 12.2. The number of hydrogen-bond acceptors (Lipinski definition) is 6. The average molecular weight is 446 g/mol. The van der Waals surface area contributed by atoms with Gasteiger partial charge in [0.25, 0.3) is 11.4 Å². The van der Waals surface area contributed by atoms with Gasteiger partial charge in [0.1, 0.15) is 0 Å². The van der Waals surface area contributed by atoms with Crippen molar-refractivity contribution in [3.05, 3.63) is 79.9 Å². The minimum Gasteiger partial charge on any atom is -0.324 e. The summed E-state index contributed by atoms with van der Waals surface area (Å²) < 4.78 is 24.5. The topological polar surface area (TPSA) is 201 Å². The molecule has 0 spiro atoms. The van der Waals surface area contributed by atoms with E-state index in [4.69, 9.17) is 0 Å². The van der Waals surface area contributed by atoms with Gasteiger partial charge >= 0.3 is 15.2 Å². The first-order valence-corrected chi connectivity index (χ1v) is 11.1. The predicted octanol–water partition coefficient (Wildman–Crippen LogP) is 2.34. The highest BCUT2D eigenvalue weighted by Gasteiger charge is 2.59. The zero-order chi connectivity index (χ0) is 22.0. The molecule has 156 valence electrons. The van der Waals surface area contributed by atoms with Gasteiger partial charge in [-0.2, -0.15) is 0 Å². The lowest BCUT2D eigenvalue weighted by atomic mass is 10.0. The zero-order valence-corrected chi connectivity index (χ0v) is 16.3. The molecule has 0 aliphatic rings. The van der Waals surface area contributed by atoms with Crippen LogP contribution in [-0.4, -0.2) is 34.3 Å². The Morgan fingerprint density at radius 1 is 0.690 bits per heavy atom. The van der Waals surface area contributed by atoms with Crippen LogP contribution in [0.2, 0.25) is 0 Å². The van der Waals surface area contributed by atoms with E-state index in [1.54, 1.807) is 0 Å². The first-order chi connectivity index (χ1) is 13.3. The van der Waals surface area contributed by atoms with Crippen LogP contribution in [0.5, 0.6) is 0 Å². The molecule has 2 aromatic carbocycles. The Morgan fingerprint density at radius 2 is 0.966 bits per heavy atom. The van der Waals surface area contributed by atoms with E-state index in [1.165, 1.54) is 0 Å². The van der Waals surface area contributed by atoms with Crippen LogP contribution in [0.1, 0.15) is 11.1 Å². The van der Waals surface area contributed by atoms with Gasteiger partial charge in [0.15, 0.2) is 4.90 Å².